The minimum atomic E-state index is -0.234. The zero-order chi connectivity index (χ0) is 12.3. The molecule has 2 rings (SSSR count). The molecule has 88 valence electrons. The molecule has 0 fully saturated rings. The Morgan fingerprint density at radius 1 is 1.41 bits per heavy atom. The normalized spacial score (nSPS) is 10.2. The van der Waals surface area contributed by atoms with Gasteiger partial charge in [0.05, 0.1) is 0 Å². The Balaban J connectivity index is 2.07. The van der Waals surface area contributed by atoms with Gasteiger partial charge in [0, 0.05) is 11.1 Å². The van der Waals surface area contributed by atoms with Gasteiger partial charge in [0.25, 0.3) is 5.91 Å². The zero-order valence-electron chi connectivity index (χ0n) is 9.43. The van der Waals surface area contributed by atoms with Crippen LogP contribution < -0.4 is 11.1 Å². The first-order valence-corrected chi connectivity index (χ1v) is 6.18. The summed E-state index contributed by atoms with van der Waals surface area (Å²) in [6, 6.07) is 7.75. The molecule has 0 unspecified atom stereocenters. The van der Waals surface area contributed by atoms with E-state index in [1.54, 1.807) is 5.38 Å². The Bertz CT molecular complexity index is 519. The Morgan fingerprint density at radius 2 is 2.12 bits per heavy atom. The summed E-state index contributed by atoms with van der Waals surface area (Å²) in [5.41, 5.74) is 7.83. The molecule has 1 heterocycles. The zero-order valence-corrected chi connectivity index (χ0v) is 10.3. The van der Waals surface area contributed by atoms with Gasteiger partial charge in [-0.3, -0.25) is 4.79 Å². The van der Waals surface area contributed by atoms with Crippen LogP contribution in [0.15, 0.2) is 29.6 Å². The molecule has 0 saturated heterocycles. The molecule has 17 heavy (non-hydrogen) atoms. The third-order valence-corrected chi connectivity index (χ3v) is 3.05. The van der Waals surface area contributed by atoms with Gasteiger partial charge in [-0.1, -0.05) is 19.1 Å². The average Bonchev–Trinajstić information content (AvgIpc) is 2.77. The standard InChI is InChI=1S/C12H13N3OS/c1-2-8-3-5-9(6-4-8)14-11(16)10-7-17-12(13)15-10/h3-7H,2H2,1H3,(H2,13,15)(H,14,16). The maximum absolute atomic E-state index is 11.8. The average molecular weight is 247 g/mol. The van der Waals surface area contributed by atoms with Crippen LogP contribution in [0.5, 0.6) is 0 Å². The summed E-state index contributed by atoms with van der Waals surface area (Å²) >= 11 is 1.26. The molecular formula is C12H13N3OS. The van der Waals surface area contributed by atoms with E-state index in [1.807, 2.05) is 24.3 Å². The van der Waals surface area contributed by atoms with Gasteiger partial charge in [-0.05, 0) is 24.1 Å². The third-order valence-electron chi connectivity index (χ3n) is 2.37. The fourth-order valence-corrected chi connectivity index (χ4v) is 1.95. The number of carbonyl (C=O) groups is 1. The number of benzene rings is 1. The number of thiazole rings is 1. The van der Waals surface area contributed by atoms with Crippen LogP contribution >= 0.6 is 11.3 Å². The molecule has 0 saturated carbocycles. The second kappa shape index (κ2) is 4.97. The third kappa shape index (κ3) is 2.82. The lowest BCUT2D eigenvalue weighted by Crippen LogP contribution is -2.12. The summed E-state index contributed by atoms with van der Waals surface area (Å²) in [6.45, 7) is 2.09. The van der Waals surface area contributed by atoms with Crippen LogP contribution in [0, 0.1) is 0 Å². The number of hydrogen-bond acceptors (Lipinski definition) is 4. The molecule has 0 aliphatic heterocycles. The molecular weight excluding hydrogens is 234 g/mol. The van der Waals surface area contributed by atoms with Gasteiger partial charge in [-0.25, -0.2) is 4.98 Å². The van der Waals surface area contributed by atoms with Gasteiger partial charge in [0.15, 0.2) is 5.13 Å². The number of anilines is 2. The minimum Gasteiger partial charge on any atom is -0.375 e. The highest BCUT2D eigenvalue weighted by atomic mass is 32.1. The summed E-state index contributed by atoms with van der Waals surface area (Å²) in [6.07, 6.45) is 0.983. The van der Waals surface area contributed by atoms with Gasteiger partial charge in [0.1, 0.15) is 5.69 Å². The summed E-state index contributed by atoms with van der Waals surface area (Å²) in [7, 11) is 0. The van der Waals surface area contributed by atoms with E-state index in [9.17, 15) is 4.79 Å². The van der Waals surface area contributed by atoms with Gasteiger partial charge in [-0.2, -0.15) is 0 Å². The predicted octanol–water partition coefficient (Wildman–Crippen LogP) is 2.54. The molecule has 3 N–H and O–H groups in total. The van der Waals surface area contributed by atoms with Crippen molar-refractivity contribution in [3.8, 4) is 0 Å². The second-order valence-corrected chi connectivity index (χ2v) is 4.47. The number of hydrogen-bond donors (Lipinski definition) is 2. The van der Waals surface area contributed by atoms with Crippen molar-refractivity contribution in [1.82, 2.24) is 4.98 Å². The molecule has 0 spiro atoms. The lowest BCUT2D eigenvalue weighted by Gasteiger charge is -2.03. The van der Waals surface area contributed by atoms with E-state index in [0.717, 1.165) is 12.1 Å². The van der Waals surface area contributed by atoms with Crippen LogP contribution in [0.1, 0.15) is 23.0 Å². The van der Waals surface area contributed by atoms with Crippen LogP contribution in [0.3, 0.4) is 0 Å². The first-order valence-electron chi connectivity index (χ1n) is 5.30. The van der Waals surface area contributed by atoms with Crippen molar-refractivity contribution < 1.29 is 4.79 Å². The van der Waals surface area contributed by atoms with Crippen LogP contribution in [-0.2, 0) is 6.42 Å². The largest absolute Gasteiger partial charge is 0.375 e. The Labute approximate surface area is 103 Å². The van der Waals surface area contributed by atoms with Gasteiger partial charge >= 0.3 is 0 Å². The highest BCUT2D eigenvalue weighted by molar-refractivity contribution is 7.13. The van der Waals surface area contributed by atoms with Crippen LogP contribution in [0.2, 0.25) is 0 Å². The quantitative estimate of drug-likeness (QED) is 0.875. The van der Waals surface area contributed by atoms with Crippen molar-refractivity contribution >= 4 is 28.1 Å². The summed E-state index contributed by atoms with van der Waals surface area (Å²) in [5.74, 6) is -0.234. The van der Waals surface area contributed by atoms with E-state index in [-0.39, 0.29) is 5.91 Å². The Hall–Kier alpha value is -1.88. The maximum atomic E-state index is 11.8. The van der Waals surface area contributed by atoms with Crippen LogP contribution in [0.4, 0.5) is 10.8 Å². The summed E-state index contributed by atoms with van der Waals surface area (Å²) in [4.78, 5) is 15.7. The lowest BCUT2D eigenvalue weighted by molar-refractivity contribution is 0.102. The molecule has 1 amide bonds. The van der Waals surface area contributed by atoms with Gasteiger partial charge in [0.2, 0.25) is 0 Å². The number of nitrogens with two attached hydrogens (primary N) is 1. The van der Waals surface area contributed by atoms with Crippen molar-refractivity contribution in [1.29, 1.82) is 0 Å². The number of aryl methyl sites for hydroxylation is 1. The lowest BCUT2D eigenvalue weighted by atomic mass is 10.1. The second-order valence-electron chi connectivity index (χ2n) is 3.58. The number of rotatable bonds is 3. The number of aromatic nitrogens is 1. The maximum Gasteiger partial charge on any atom is 0.275 e. The summed E-state index contributed by atoms with van der Waals surface area (Å²) < 4.78 is 0. The van der Waals surface area contributed by atoms with Crippen molar-refractivity contribution in [2.75, 3.05) is 11.1 Å². The van der Waals surface area contributed by atoms with E-state index in [1.165, 1.54) is 16.9 Å². The fraction of sp³-hybridized carbons (Fsp3) is 0.167. The highest BCUT2D eigenvalue weighted by Gasteiger charge is 2.09. The van der Waals surface area contributed by atoms with Crippen molar-refractivity contribution in [3.05, 3.63) is 40.9 Å². The number of nitrogens with zero attached hydrogens (tertiary/aromatic N) is 1. The fourth-order valence-electron chi connectivity index (χ4n) is 1.41. The molecule has 5 heteroatoms. The molecule has 0 bridgehead atoms. The van der Waals surface area contributed by atoms with Crippen LogP contribution in [-0.4, -0.2) is 10.9 Å². The molecule has 1 aromatic heterocycles. The minimum absolute atomic E-state index is 0.234. The SMILES string of the molecule is CCc1ccc(NC(=O)c2csc(N)n2)cc1. The monoisotopic (exact) mass is 247 g/mol. The Morgan fingerprint density at radius 3 is 2.65 bits per heavy atom. The molecule has 2 aromatic rings. The van der Waals surface area contributed by atoms with E-state index in [2.05, 4.69) is 17.2 Å². The smallest absolute Gasteiger partial charge is 0.275 e. The van der Waals surface area contributed by atoms with E-state index in [0.29, 0.717) is 10.8 Å². The van der Waals surface area contributed by atoms with Crippen LogP contribution in [0.25, 0.3) is 0 Å². The molecule has 0 radical (unpaired) electrons. The van der Waals surface area contributed by atoms with Gasteiger partial charge in [-0.15, -0.1) is 11.3 Å². The van der Waals surface area contributed by atoms with E-state index >= 15 is 0 Å². The van der Waals surface area contributed by atoms with Crippen molar-refractivity contribution in [2.24, 2.45) is 0 Å². The highest BCUT2D eigenvalue weighted by Crippen LogP contribution is 2.14. The molecule has 0 aliphatic carbocycles. The first-order chi connectivity index (χ1) is 8.19. The van der Waals surface area contributed by atoms with Crippen molar-refractivity contribution in [3.63, 3.8) is 0 Å². The molecule has 0 atom stereocenters. The molecule has 4 nitrogen and oxygen atoms in total. The molecule has 0 aliphatic rings. The number of carbonyl (C=O) groups excluding carboxylic acids is 1. The predicted molar refractivity (Wildman–Crippen MR) is 70.3 cm³/mol. The first kappa shape index (κ1) is 11.6. The molecule has 1 aromatic carbocycles. The number of nitrogen functional groups attached to an aromatic ring is 1. The van der Waals surface area contributed by atoms with Gasteiger partial charge < -0.3 is 11.1 Å². The van der Waals surface area contributed by atoms with E-state index in [4.69, 9.17) is 5.73 Å². The topological polar surface area (TPSA) is 68.0 Å². The van der Waals surface area contributed by atoms with E-state index < -0.39 is 0 Å². The number of amides is 1. The summed E-state index contributed by atoms with van der Waals surface area (Å²) in [5, 5.41) is 4.82. The Kier molecular flexibility index (Phi) is 3.39. The number of nitrogens with one attached hydrogen (secondary N) is 1. The van der Waals surface area contributed by atoms with Crippen molar-refractivity contribution in [2.45, 2.75) is 13.3 Å².